The Balaban J connectivity index is 1.70. The summed E-state index contributed by atoms with van der Waals surface area (Å²) in [6.45, 7) is 0. The minimum atomic E-state index is -4.57. The minimum Gasteiger partial charge on any atom is -0.313 e. The molecule has 0 bridgehead atoms. The summed E-state index contributed by atoms with van der Waals surface area (Å²) >= 11 is 19.6. The van der Waals surface area contributed by atoms with Crippen LogP contribution in [0.25, 0.3) is 0 Å². The van der Waals surface area contributed by atoms with E-state index in [9.17, 15) is 21.6 Å². The quantitative estimate of drug-likeness (QED) is 0.494. The fraction of sp³-hybridized carbons (Fsp3) is 0.316. The summed E-state index contributed by atoms with van der Waals surface area (Å²) < 4.78 is 64.2. The van der Waals surface area contributed by atoms with Gasteiger partial charge in [0.1, 0.15) is 0 Å². The predicted molar refractivity (Wildman–Crippen MR) is 120 cm³/mol. The van der Waals surface area contributed by atoms with Crippen LogP contribution >= 0.6 is 46.6 Å². The zero-order valence-electron chi connectivity index (χ0n) is 15.5. The average molecular weight is 530 g/mol. The van der Waals surface area contributed by atoms with Gasteiger partial charge in [-0.3, -0.25) is 4.99 Å². The van der Waals surface area contributed by atoms with Gasteiger partial charge in [-0.15, -0.1) is 0 Å². The van der Waals surface area contributed by atoms with Crippen LogP contribution in [0.1, 0.15) is 11.1 Å². The van der Waals surface area contributed by atoms with Gasteiger partial charge in [0.25, 0.3) is 0 Å². The number of hydrogen-bond donors (Lipinski definition) is 0. The highest BCUT2D eigenvalue weighted by Crippen LogP contribution is 2.42. The van der Waals surface area contributed by atoms with Crippen molar-refractivity contribution in [1.82, 2.24) is 0 Å². The largest absolute Gasteiger partial charge is 0.416 e. The number of amidine groups is 1. The Labute approximate surface area is 196 Å². The number of rotatable bonds is 3. The third-order valence-electron chi connectivity index (χ3n) is 5.01. The number of fused-ring (bicyclic) bond motifs is 1. The minimum absolute atomic E-state index is 0.0783. The first-order chi connectivity index (χ1) is 14.4. The van der Waals surface area contributed by atoms with E-state index in [1.54, 1.807) is 18.2 Å². The van der Waals surface area contributed by atoms with Crippen LogP contribution in [0.3, 0.4) is 0 Å². The highest BCUT2D eigenvalue weighted by molar-refractivity contribution is 8.13. The van der Waals surface area contributed by atoms with Gasteiger partial charge in [0.2, 0.25) is 0 Å². The fourth-order valence-electron chi connectivity index (χ4n) is 3.57. The highest BCUT2D eigenvalue weighted by atomic mass is 35.5. The number of halogens is 6. The molecule has 0 radical (unpaired) electrons. The molecule has 1 fully saturated rings. The van der Waals surface area contributed by atoms with Crippen molar-refractivity contribution in [3.8, 4) is 0 Å². The molecule has 2 aliphatic heterocycles. The van der Waals surface area contributed by atoms with Gasteiger partial charge in [0.05, 0.1) is 39.9 Å². The summed E-state index contributed by atoms with van der Waals surface area (Å²) in [5, 5.41) is 1.41. The van der Waals surface area contributed by atoms with Crippen LogP contribution in [0.4, 0.5) is 18.9 Å². The molecule has 0 unspecified atom stereocenters. The molecule has 1 saturated heterocycles. The lowest BCUT2D eigenvalue weighted by atomic mass is 10.1. The second kappa shape index (κ2) is 8.33. The van der Waals surface area contributed by atoms with E-state index in [1.165, 1.54) is 16.7 Å². The first kappa shape index (κ1) is 23.0. The zero-order chi connectivity index (χ0) is 22.6. The topological polar surface area (TPSA) is 49.7 Å². The van der Waals surface area contributed by atoms with Gasteiger partial charge in [0.15, 0.2) is 15.0 Å². The molecule has 2 aromatic carbocycles. The number of nitrogens with zero attached hydrogens (tertiary/aromatic N) is 2. The van der Waals surface area contributed by atoms with Crippen molar-refractivity contribution in [3.63, 3.8) is 0 Å². The second-order valence-corrected chi connectivity index (χ2v) is 11.5. The molecule has 166 valence electrons. The maximum Gasteiger partial charge on any atom is 0.416 e. The van der Waals surface area contributed by atoms with E-state index in [-0.39, 0.29) is 22.2 Å². The van der Waals surface area contributed by atoms with Crippen molar-refractivity contribution < 1.29 is 21.6 Å². The lowest BCUT2D eigenvalue weighted by Gasteiger charge is -2.28. The van der Waals surface area contributed by atoms with Crippen molar-refractivity contribution >= 4 is 67.3 Å². The van der Waals surface area contributed by atoms with Gasteiger partial charge >= 0.3 is 6.18 Å². The predicted octanol–water partition coefficient (Wildman–Crippen LogP) is 5.94. The zero-order valence-corrected chi connectivity index (χ0v) is 19.4. The summed E-state index contributed by atoms with van der Waals surface area (Å²) in [6, 6.07) is 6.83. The molecule has 4 nitrogen and oxygen atoms in total. The van der Waals surface area contributed by atoms with Gasteiger partial charge < -0.3 is 4.90 Å². The van der Waals surface area contributed by atoms with Crippen LogP contribution in [0.5, 0.6) is 0 Å². The first-order valence-electron chi connectivity index (χ1n) is 8.95. The van der Waals surface area contributed by atoms with Gasteiger partial charge in [-0.2, -0.15) is 13.2 Å². The number of alkyl halides is 3. The lowest BCUT2D eigenvalue weighted by molar-refractivity contribution is -0.137. The lowest BCUT2D eigenvalue weighted by Crippen LogP contribution is -2.39. The molecule has 0 amide bonds. The van der Waals surface area contributed by atoms with Crippen LogP contribution in [0.15, 0.2) is 41.4 Å². The number of thioether (sulfide) groups is 1. The van der Waals surface area contributed by atoms with Crippen molar-refractivity contribution in [1.29, 1.82) is 0 Å². The van der Waals surface area contributed by atoms with E-state index >= 15 is 0 Å². The van der Waals surface area contributed by atoms with Crippen LogP contribution in [-0.4, -0.2) is 37.2 Å². The summed E-state index contributed by atoms with van der Waals surface area (Å²) in [6.07, 6.45) is -4.57. The van der Waals surface area contributed by atoms with Gasteiger partial charge in [0, 0.05) is 15.8 Å². The molecule has 0 spiro atoms. The Bertz CT molecular complexity index is 1170. The normalized spacial score (nSPS) is 22.5. The molecule has 0 aliphatic carbocycles. The molecular weight excluding hydrogens is 516 g/mol. The van der Waals surface area contributed by atoms with Crippen LogP contribution < -0.4 is 4.90 Å². The van der Waals surface area contributed by atoms with Gasteiger partial charge in [-0.1, -0.05) is 52.6 Å². The monoisotopic (exact) mass is 528 g/mol. The molecule has 31 heavy (non-hydrogen) atoms. The van der Waals surface area contributed by atoms with Crippen LogP contribution in [0.2, 0.25) is 15.1 Å². The Morgan fingerprint density at radius 3 is 2.48 bits per heavy atom. The van der Waals surface area contributed by atoms with E-state index in [4.69, 9.17) is 34.8 Å². The molecule has 2 heterocycles. The first-order valence-corrected chi connectivity index (χ1v) is 12.9. The van der Waals surface area contributed by atoms with Crippen molar-refractivity contribution in [3.05, 3.63) is 62.6 Å². The Hall–Kier alpha value is -1.13. The molecule has 2 atom stereocenters. The van der Waals surface area contributed by atoms with Crippen molar-refractivity contribution in [2.75, 3.05) is 16.4 Å². The van der Waals surface area contributed by atoms with E-state index < -0.39 is 33.7 Å². The highest BCUT2D eigenvalue weighted by Gasteiger charge is 2.48. The van der Waals surface area contributed by atoms with Crippen molar-refractivity contribution in [2.24, 2.45) is 4.99 Å². The number of hydrogen-bond acceptors (Lipinski definition) is 5. The summed E-state index contributed by atoms with van der Waals surface area (Å²) in [4.78, 5) is 6.03. The van der Waals surface area contributed by atoms with E-state index in [2.05, 4.69) is 4.99 Å². The third-order valence-corrected chi connectivity index (χ3v) is 8.63. The smallest absolute Gasteiger partial charge is 0.313 e. The van der Waals surface area contributed by atoms with Gasteiger partial charge in [-0.25, -0.2) is 8.42 Å². The summed E-state index contributed by atoms with van der Waals surface area (Å²) in [7, 11) is -3.36. The molecule has 0 N–H and O–H groups in total. The van der Waals surface area contributed by atoms with Crippen LogP contribution in [-0.2, 0) is 21.8 Å². The molecule has 2 aromatic rings. The molecule has 2 aliphatic rings. The molecular formula is C19H14Cl3F3N2O2S2. The van der Waals surface area contributed by atoms with Crippen LogP contribution in [0, 0.1) is 0 Å². The van der Waals surface area contributed by atoms with E-state index in [0.29, 0.717) is 21.0 Å². The van der Waals surface area contributed by atoms with E-state index in [1.807, 2.05) is 0 Å². The number of sulfone groups is 1. The van der Waals surface area contributed by atoms with Gasteiger partial charge in [-0.05, 0) is 35.9 Å². The van der Waals surface area contributed by atoms with Crippen molar-refractivity contribution in [2.45, 2.75) is 24.0 Å². The summed E-state index contributed by atoms with van der Waals surface area (Å²) in [5.41, 5.74) is -0.0330. The molecule has 0 saturated carbocycles. The SMILES string of the molecule is O=S1(=O)C[C@@H]2N=C(SCc3ccc(Cl)cc3Cl)N(c3cc(C(F)(F)F)ccc3Cl)[C@@H]2C1. The number of aliphatic imine (C=N–C) groups is 1. The Morgan fingerprint density at radius 2 is 1.81 bits per heavy atom. The average Bonchev–Trinajstić information content (AvgIpc) is 3.11. The maximum atomic E-state index is 13.3. The second-order valence-electron chi connectivity index (χ2n) is 7.18. The molecule has 12 heteroatoms. The fourth-order valence-corrected chi connectivity index (χ4v) is 7.30. The standard InChI is InChI=1S/C19H14Cl3F3N2O2S2/c20-12-3-1-10(14(22)6-12)7-30-18-26-15-8-31(28,29)9-17(15)27(18)16-5-11(19(23,24)25)2-4-13(16)21/h1-6,15,17H,7-9H2/t15-,17+/m0/s1. The number of benzene rings is 2. The summed E-state index contributed by atoms with van der Waals surface area (Å²) in [5.74, 6) is 0.00408. The molecule has 4 rings (SSSR count). The molecule has 0 aromatic heterocycles. The third kappa shape index (κ3) is 4.80. The van der Waals surface area contributed by atoms with E-state index in [0.717, 1.165) is 23.8 Å². The number of anilines is 1. The Kier molecular flexibility index (Phi) is 6.20. The maximum absolute atomic E-state index is 13.3. The Morgan fingerprint density at radius 1 is 1.06 bits per heavy atom.